The Labute approximate surface area is 118 Å². The van der Waals surface area contributed by atoms with Gasteiger partial charge in [-0.1, -0.05) is 42.5 Å². The SMILES string of the molecule is CC(C)(C(=O)NC1C=CC(C(=O)O)C1)c1ccccc1. The molecular formula is C16H19NO3. The van der Waals surface area contributed by atoms with E-state index in [0.717, 1.165) is 5.56 Å². The Bertz CT molecular complexity index is 534. The van der Waals surface area contributed by atoms with Gasteiger partial charge in [-0.05, 0) is 25.8 Å². The molecule has 0 aromatic heterocycles. The summed E-state index contributed by atoms with van der Waals surface area (Å²) in [5.74, 6) is -1.44. The monoisotopic (exact) mass is 273 g/mol. The van der Waals surface area contributed by atoms with Crippen molar-refractivity contribution in [3.63, 3.8) is 0 Å². The van der Waals surface area contributed by atoms with Crippen LogP contribution < -0.4 is 5.32 Å². The Morgan fingerprint density at radius 1 is 1.20 bits per heavy atom. The number of aliphatic carboxylic acids is 1. The first-order valence-corrected chi connectivity index (χ1v) is 6.69. The fourth-order valence-electron chi connectivity index (χ4n) is 2.32. The number of carboxylic acid groups (broad SMARTS) is 1. The highest BCUT2D eigenvalue weighted by molar-refractivity contribution is 5.88. The number of carboxylic acids is 1. The third kappa shape index (κ3) is 2.90. The van der Waals surface area contributed by atoms with Crippen molar-refractivity contribution in [3.05, 3.63) is 48.0 Å². The van der Waals surface area contributed by atoms with Gasteiger partial charge in [0, 0.05) is 6.04 Å². The minimum Gasteiger partial charge on any atom is -0.481 e. The Morgan fingerprint density at radius 3 is 2.40 bits per heavy atom. The van der Waals surface area contributed by atoms with Crippen LogP contribution in [0.5, 0.6) is 0 Å². The maximum Gasteiger partial charge on any atom is 0.310 e. The number of hydrogen-bond donors (Lipinski definition) is 2. The summed E-state index contributed by atoms with van der Waals surface area (Å²) in [6.07, 6.45) is 3.83. The quantitative estimate of drug-likeness (QED) is 0.826. The Hall–Kier alpha value is -2.10. The molecule has 2 rings (SSSR count). The average Bonchev–Trinajstić information content (AvgIpc) is 2.88. The highest BCUT2D eigenvalue weighted by atomic mass is 16.4. The van der Waals surface area contributed by atoms with Crippen molar-refractivity contribution in [2.24, 2.45) is 5.92 Å². The first-order valence-electron chi connectivity index (χ1n) is 6.69. The summed E-state index contributed by atoms with van der Waals surface area (Å²) in [4.78, 5) is 23.3. The molecule has 20 heavy (non-hydrogen) atoms. The number of rotatable bonds is 4. The van der Waals surface area contributed by atoms with E-state index in [1.165, 1.54) is 0 Å². The van der Waals surface area contributed by atoms with E-state index < -0.39 is 17.3 Å². The summed E-state index contributed by atoms with van der Waals surface area (Å²) in [6, 6.07) is 9.36. The Kier molecular flexibility index (Phi) is 3.93. The summed E-state index contributed by atoms with van der Waals surface area (Å²) in [6.45, 7) is 3.73. The van der Waals surface area contributed by atoms with E-state index in [1.807, 2.05) is 44.2 Å². The molecule has 2 atom stereocenters. The van der Waals surface area contributed by atoms with Crippen molar-refractivity contribution in [3.8, 4) is 0 Å². The second-order valence-electron chi connectivity index (χ2n) is 5.64. The third-order valence-electron chi connectivity index (χ3n) is 3.78. The van der Waals surface area contributed by atoms with Gasteiger partial charge in [0.05, 0.1) is 11.3 Å². The van der Waals surface area contributed by atoms with Crippen LogP contribution in [-0.2, 0) is 15.0 Å². The molecule has 1 aromatic carbocycles. The van der Waals surface area contributed by atoms with Crippen LogP contribution in [0, 0.1) is 5.92 Å². The van der Waals surface area contributed by atoms with Crippen LogP contribution in [0.3, 0.4) is 0 Å². The first kappa shape index (κ1) is 14.3. The molecule has 106 valence electrons. The van der Waals surface area contributed by atoms with E-state index in [-0.39, 0.29) is 11.9 Å². The van der Waals surface area contributed by atoms with Crippen molar-refractivity contribution in [2.75, 3.05) is 0 Å². The van der Waals surface area contributed by atoms with Crippen LogP contribution in [0.2, 0.25) is 0 Å². The van der Waals surface area contributed by atoms with Crippen LogP contribution in [0.4, 0.5) is 0 Å². The molecule has 0 fully saturated rings. The molecule has 1 amide bonds. The summed E-state index contributed by atoms with van der Waals surface area (Å²) >= 11 is 0. The smallest absolute Gasteiger partial charge is 0.310 e. The zero-order valence-corrected chi connectivity index (χ0v) is 11.7. The van der Waals surface area contributed by atoms with E-state index >= 15 is 0 Å². The lowest BCUT2D eigenvalue weighted by Crippen LogP contribution is -2.44. The number of carbonyl (C=O) groups excluding carboxylic acids is 1. The molecule has 4 nitrogen and oxygen atoms in total. The molecular weight excluding hydrogens is 254 g/mol. The van der Waals surface area contributed by atoms with Gasteiger partial charge in [-0.2, -0.15) is 0 Å². The largest absolute Gasteiger partial charge is 0.481 e. The number of nitrogens with one attached hydrogen (secondary N) is 1. The standard InChI is InChI=1S/C16H19NO3/c1-16(2,12-6-4-3-5-7-12)15(20)17-13-9-8-11(10-13)14(18)19/h3-9,11,13H,10H2,1-2H3,(H,17,20)(H,18,19). The predicted octanol–water partition coefficient (Wildman–Crippen LogP) is 2.11. The molecule has 0 saturated carbocycles. The third-order valence-corrected chi connectivity index (χ3v) is 3.78. The van der Waals surface area contributed by atoms with Gasteiger partial charge in [-0.25, -0.2) is 0 Å². The minimum absolute atomic E-state index is 0.0932. The van der Waals surface area contributed by atoms with Gasteiger partial charge in [-0.3, -0.25) is 9.59 Å². The van der Waals surface area contributed by atoms with Gasteiger partial charge in [0.15, 0.2) is 0 Å². The Balaban J connectivity index is 2.03. The first-order chi connectivity index (χ1) is 9.41. The lowest BCUT2D eigenvalue weighted by Gasteiger charge is -2.26. The van der Waals surface area contributed by atoms with E-state index in [2.05, 4.69) is 5.32 Å². The van der Waals surface area contributed by atoms with Crippen molar-refractivity contribution in [1.29, 1.82) is 0 Å². The predicted molar refractivity (Wildman–Crippen MR) is 76.3 cm³/mol. The molecule has 4 heteroatoms. The zero-order chi connectivity index (χ0) is 14.8. The van der Waals surface area contributed by atoms with E-state index in [1.54, 1.807) is 12.2 Å². The van der Waals surface area contributed by atoms with Gasteiger partial charge >= 0.3 is 5.97 Å². The normalized spacial score (nSPS) is 21.7. The Morgan fingerprint density at radius 2 is 1.85 bits per heavy atom. The van der Waals surface area contributed by atoms with Crippen molar-refractivity contribution in [1.82, 2.24) is 5.32 Å². The number of benzene rings is 1. The highest BCUT2D eigenvalue weighted by Crippen LogP contribution is 2.25. The molecule has 0 spiro atoms. The van der Waals surface area contributed by atoms with E-state index in [9.17, 15) is 9.59 Å². The van der Waals surface area contributed by atoms with Crippen molar-refractivity contribution >= 4 is 11.9 Å². The molecule has 0 aliphatic heterocycles. The molecule has 2 unspecified atom stereocenters. The summed E-state index contributed by atoms with van der Waals surface area (Å²) in [5.41, 5.74) is 0.297. The van der Waals surface area contributed by atoms with Gasteiger partial charge in [-0.15, -0.1) is 0 Å². The molecule has 0 radical (unpaired) electrons. The molecule has 0 heterocycles. The van der Waals surface area contributed by atoms with Crippen LogP contribution in [-0.4, -0.2) is 23.0 Å². The van der Waals surface area contributed by atoms with Crippen LogP contribution >= 0.6 is 0 Å². The maximum atomic E-state index is 12.4. The number of carbonyl (C=O) groups is 2. The molecule has 1 aliphatic carbocycles. The maximum absolute atomic E-state index is 12.4. The lowest BCUT2D eigenvalue weighted by atomic mass is 9.83. The van der Waals surface area contributed by atoms with Gasteiger partial charge in [0.25, 0.3) is 0 Å². The molecule has 2 N–H and O–H groups in total. The zero-order valence-electron chi connectivity index (χ0n) is 11.7. The number of hydrogen-bond acceptors (Lipinski definition) is 2. The molecule has 1 aromatic rings. The highest BCUT2D eigenvalue weighted by Gasteiger charge is 2.33. The van der Waals surface area contributed by atoms with Crippen molar-refractivity contribution in [2.45, 2.75) is 31.7 Å². The second-order valence-corrected chi connectivity index (χ2v) is 5.64. The fourth-order valence-corrected chi connectivity index (χ4v) is 2.32. The van der Waals surface area contributed by atoms with Crippen molar-refractivity contribution < 1.29 is 14.7 Å². The lowest BCUT2D eigenvalue weighted by molar-refractivity contribution is -0.140. The topological polar surface area (TPSA) is 66.4 Å². The summed E-state index contributed by atoms with van der Waals surface area (Å²) < 4.78 is 0. The molecule has 0 bridgehead atoms. The van der Waals surface area contributed by atoms with Crippen LogP contribution in [0.1, 0.15) is 25.8 Å². The fraction of sp³-hybridized carbons (Fsp3) is 0.375. The van der Waals surface area contributed by atoms with Gasteiger partial charge in [0.1, 0.15) is 0 Å². The molecule has 0 saturated heterocycles. The van der Waals surface area contributed by atoms with E-state index in [0.29, 0.717) is 6.42 Å². The minimum atomic E-state index is -0.847. The number of amides is 1. The van der Waals surface area contributed by atoms with E-state index in [4.69, 9.17) is 5.11 Å². The van der Waals surface area contributed by atoms with Gasteiger partial charge < -0.3 is 10.4 Å². The second kappa shape index (κ2) is 5.49. The average molecular weight is 273 g/mol. The summed E-state index contributed by atoms with van der Waals surface area (Å²) in [7, 11) is 0. The summed E-state index contributed by atoms with van der Waals surface area (Å²) in [5, 5.41) is 11.9. The van der Waals surface area contributed by atoms with Gasteiger partial charge in [0.2, 0.25) is 5.91 Å². The van der Waals surface area contributed by atoms with Crippen LogP contribution in [0.15, 0.2) is 42.5 Å². The molecule has 1 aliphatic rings. The van der Waals surface area contributed by atoms with Crippen LogP contribution in [0.25, 0.3) is 0 Å².